The molecule has 1 rings (SSSR count). The van der Waals surface area contributed by atoms with Gasteiger partial charge in [-0.25, -0.2) is 0 Å². The summed E-state index contributed by atoms with van der Waals surface area (Å²) in [5.74, 6) is 0.788. The number of ether oxygens (including phenoxy) is 1. The molecule has 0 aliphatic carbocycles. The van der Waals surface area contributed by atoms with Crippen LogP contribution >= 0.6 is 0 Å². The van der Waals surface area contributed by atoms with Crippen molar-refractivity contribution < 1.29 is 9.53 Å². The smallest absolute Gasteiger partial charge is 0.216 e. The van der Waals surface area contributed by atoms with Gasteiger partial charge in [0, 0.05) is 33.7 Å². The van der Waals surface area contributed by atoms with Crippen molar-refractivity contribution in [2.45, 2.75) is 19.8 Å². The standard InChI is InChI=1S/C11H22N2O2/c1-10(14)12-5-8-13-6-3-11(4-7-13)9-15-2/h11H,3-9H2,1-2H3,(H,12,14). The van der Waals surface area contributed by atoms with E-state index in [4.69, 9.17) is 4.74 Å². The van der Waals surface area contributed by atoms with E-state index in [-0.39, 0.29) is 5.91 Å². The summed E-state index contributed by atoms with van der Waals surface area (Å²) in [7, 11) is 1.77. The molecule has 0 bridgehead atoms. The zero-order valence-corrected chi connectivity index (χ0v) is 9.79. The molecule has 1 N–H and O–H groups in total. The van der Waals surface area contributed by atoms with Gasteiger partial charge in [-0.1, -0.05) is 0 Å². The molecule has 1 aliphatic rings. The van der Waals surface area contributed by atoms with E-state index in [1.165, 1.54) is 12.8 Å². The first kappa shape index (κ1) is 12.5. The van der Waals surface area contributed by atoms with Crippen LogP contribution < -0.4 is 5.32 Å². The molecule has 0 unspecified atom stereocenters. The number of likely N-dealkylation sites (tertiary alicyclic amines) is 1. The van der Waals surface area contributed by atoms with Gasteiger partial charge in [0.25, 0.3) is 0 Å². The number of piperidine rings is 1. The van der Waals surface area contributed by atoms with Gasteiger partial charge >= 0.3 is 0 Å². The minimum absolute atomic E-state index is 0.0595. The topological polar surface area (TPSA) is 41.6 Å². The molecule has 4 heteroatoms. The third-order valence-electron chi connectivity index (χ3n) is 2.91. The normalized spacial score (nSPS) is 19.1. The van der Waals surface area contributed by atoms with Gasteiger partial charge in [-0.2, -0.15) is 0 Å². The van der Waals surface area contributed by atoms with Gasteiger partial charge in [0.15, 0.2) is 0 Å². The van der Waals surface area contributed by atoms with Gasteiger partial charge in [0.1, 0.15) is 0 Å². The highest BCUT2D eigenvalue weighted by molar-refractivity contribution is 5.72. The number of carbonyl (C=O) groups is 1. The van der Waals surface area contributed by atoms with Crippen molar-refractivity contribution >= 4 is 5.91 Å². The van der Waals surface area contributed by atoms with Crippen LogP contribution in [0.1, 0.15) is 19.8 Å². The summed E-state index contributed by atoms with van der Waals surface area (Å²) in [5, 5.41) is 2.82. The van der Waals surface area contributed by atoms with Crippen molar-refractivity contribution in [3.63, 3.8) is 0 Å². The SMILES string of the molecule is COCC1CCN(CCNC(C)=O)CC1. The number of hydrogen-bond acceptors (Lipinski definition) is 3. The van der Waals surface area contributed by atoms with Crippen LogP contribution in [0.25, 0.3) is 0 Å². The van der Waals surface area contributed by atoms with Gasteiger partial charge in [-0.05, 0) is 31.8 Å². The summed E-state index contributed by atoms with van der Waals surface area (Å²) in [5.41, 5.74) is 0. The maximum atomic E-state index is 10.7. The lowest BCUT2D eigenvalue weighted by molar-refractivity contribution is -0.119. The van der Waals surface area contributed by atoms with Gasteiger partial charge < -0.3 is 15.0 Å². The average molecular weight is 214 g/mol. The first-order chi connectivity index (χ1) is 7.22. The van der Waals surface area contributed by atoms with Gasteiger partial charge in [-0.3, -0.25) is 4.79 Å². The Morgan fingerprint density at radius 2 is 2.13 bits per heavy atom. The number of nitrogens with zero attached hydrogens (tertiary/aromatic N) is 1. The zero-order valence-electron chi connectivity index (χ0n) is 9.79. The summed E-state index contributed by atoms with van der Waals surface area (Å²) in [6.45, 7) is 6.45. The van der Waals surface area contributed by atoms with Crippen molar-refractivity contribution in [1.82, 2.24) is 10.2 Å². The van der Waals surface area contributed by atoms with Crippen LogP contribution in [-0.4, -0.2) is 50.7 Å². The quantitative estimate of drug-likeness (QED) is 0.724. The fraction of sp³-hybridized carbons (Fsp3) is 0.909. The summed E-state index contributed by atoms with van der Waals surface area (Å²) >= 11 is 0. The molecule has 1 fully saturated rings. The number of hydrogen-bond donors (Lipinski definition) is 1. The Balaban J connectivity index is 2.06. The Labute approximate surface area is 92.0 Å². The highest BCUT2D eigenvalue weighted by Gasteiger charge is 2.18. The number of carbonyl (C=O) groups excluding carboxylic acids is 1. The zero-order chi connectivity index (χ0) is 11.1. The summed E-state index contributed by atoms with van der Waals surface area (Å²) in [4.78, 5) is 13.1. The van der Waals surface area contributed by atoms with Crippen molar-refractivity contribution in [3.05, 3.63) is 0 Å². The van der Waals surface area contributed by atoms with Crippen LogP contribution in [-0.2, 0) is 9.53 Å². The molecule has 0 aromatic carbocycles. The molecule has 15 heavy (non-hydrogen) atoms. The molecule has 0 atom stereocenters. The number of rotatable bonds is 5. The molecule has 4 nitrogen and oxygen atoms in total. The van der Waals surface area contributed by atoms with E-state index < -0.39 is 0 Å². The van der Waals surface area contributed by atoms with Crippen LogP contribution in [0, 0.1) is 5.92 Å². The summed E-state index contributed by atoms with van der Waals surface area (Å²) in [6, 6.07) is 0. The van der Waals surface area contributed by atoms with Crippen LogP contribution in [0.5, 0.6) is 0 Å². The van der Waals surface area contributed by atoms with E-state index in [1.807, 2.05) is 0 Å². The first-order valence-corrected chi connectivity index (χ1v) is 5.68. The average Bonchev–Trinajstić information content (AvgIpc) is 2.20. The Hall–Kier alpha value is -0.610. The minimum Gasteiger partial charge on any atom is -0.384 e. The molecule has 0 aromatic rings. The van der Waals surface area contributed by atoms with Gasteiger partial charge in [0.2, 0.25) is 5.91 Å². The maximum Gasteiger partial charge on any atom is 0.216 e. The highest BCUT2D eigenvalue weighted by atomic mass is 16.5. The monoisotopic (exact) mass is 214 g/mol. The van der Waals surface area contributed by atoms with Crippen LogP contribution in [0.15, 0.2) is 0 Å². The van der Waals surface area contributed by atoms with E-state index in [9.17, 15) is 4.79 Å². The lowest BCUT2D eigenvalue weighted by Gasteiger charge is -2.31. The van der Waals surface area contributed by atoms with Gasteiger partial charge in [0.05, 0.1) is 0 Å². The molecule has 1 saturated heterocycles. The Bertz CT molecular complexity index is 189. The maximum absolute atomic E-state index is 10.7. The van der Waals surface area contributed by atoms with Crippen molar-refractivity contribution in [2.75, 3.05) is 39.9 Å². The lowest BCUT2D eigenvalue weighted by atomic mass is 9.98. The van der Waals surface area contributed by atoms with E-state index in [0.29, 0.717) is 0 Å². The molecule has 88 valence electrons. The number of methoxy groups -OCH3 is 1. The van der Waals surface area contributed by atoms with Crippen LogP contribution in [0.3, 0.4) is 0 Å². The molecule has 1 heterocycles. The van der Waals surface area contributed by atoms with Crippen LogP contribution in [0.2, 0.25) is 0 Å². The van der Waals surface area contributed by atoms with Gasteiger partial charge in [-0.15, -0.1) is 0 Å². The molecular weight excluding hydrogens is 192 g/mol. The molecule has 0 spiro atoms. The Morgan fingerprint density at radius 3 is 2.67 bits per heavy atom. The number of nitrogens with one attached hydrogen (secondary N) is 1. The second-order valence-corrected chi connectivity index (χ2v) is 4.22. The fourth-order valence-electron chi connectivity index (χ4n) is 2.00. The number of amides is 1. The van der Waals surface area contributed by atoms with Crippen LogP contribution in [0.4, 0.5) is 0 Å². The van der Waals surface area contributed by atoms with Crippen molar-refractivity contribution in [1.29, 1.82) is 0 Å². The van der Waals surface area contributed by atoms with Crippen molar-refractivity contribution in [3.8, 4) is 0 Å². The van der Waals surface area contributed by atoms with E-state index in [0.717, 1.165) is 38.7 Å². The minimum atomic E-state index is 0.0595. The summed E-state index contributed by atoms with van der Waals surface area (Å²) in [6.07, 6.45) is 2.43. The van der Waals surface area contributed by atoms with E-state index >= 15 is 0 Å². The summed E-state index contributed by atoms with van der Waals surface area (Å²) < 4.78 is 5.15. The largest absolute Gasteiger partial charge is 0.384 e. The Kier molecular flexibility index (Phi) is 5.65. The third kappa shape index (κ3) is 5.14. The second kappa shape index (κ2) is 6.80. The molecule has 0 radical (unpaired) electrons. The predicted octanol–water partition coefficient (Wildman–Crippen LogP) is 0.481. The highest BCUT2D eigenvalue weighted by Crippen LogP contribution is 2.16. The fourth-order valence-corrected chi connectivity index (χ4v) is 2.00. The molecule has 1 amide bonds. The second-order valence-electron chi connectivity index (χ2n) is 4.22. The van der Waals surface area contributed by atoms with E-state index in [2.05, 4.69) is 10.2 Å². The molecule has 0 aromatic heterocycles. The first-order valence-electron chi connectivity index (χ1n) is 5.68. The van der Waals surface area contributed by atoms with E-state index in [1.54, 1.807) is 14.0 Å². The molecule has 0 saturated carbocycles. The predicted molar refractivity (Wildman–Crippen MR) is 59.7 cm³/mol. The third-order valence-corrected chi connectivity index (χ3v) is 2.91. The Morgan fingerprint density at radius 1 is 1.47 bits per heavy atom. The molecule has 1 aliphatic heterocycles. The molecular formula is C11H22N2O2. The van der Waals surface area contributed by atoms with Crippen molar-refractivity contribution in [2.24, 2.45) is 5.92 Å². The lowest BCUT2D eigenvalue weighted by Crippen LogP contribution is -2.39.